The second-order valence-electron chi connectivity index (χ2n) is 16.5. The van der Waals surface area contributed by atoms with E-state index in [1.165, 1.54) is 23.1 Å². The van der Waals surface area contributed by atoms with E-state index in [0.29, 0.717) is 46.8 Å². The highest BCUT2D eigenvalue weighted by atomic mass is 32.2. The SMILES string of the molecule is CNC[C@H](C)c1cccc(C(Nc2ccc3c(N(C(=O)OC(C)(C)C)C(=O)OC(C)(C)C)ncc(F)c3c2)C(=O)N(C)Cc2cc(N)ccc2S(=O)(=O)C2CC2)c1. The number of nitrogens with one attached hydrogen (secondary N) is 2. The number of nitrogens with two attached hydrogens (primary N) is 1. The zero-order valence-electron chi connectivity index (χ0n) is 34.0. The Morgan fingerprint density at radius 2 is 1.56 bits per heavy atom. The highest BCUT2D eigenvalue weighted by molar-refractivity contribution is 7.92. The average molecular weight is 805 g/mol. The van der Waals surface area contributed by atoms with Crippen molar-refractivity contribution < 1.29 is 36.7 Å². The van der Waals surface area contributed by atoms with Gasteiger partial charge in [-0.2, -0.15) is 4.90 Å². The number of carbonyl (C=O) groups excluding carboxylic acids is 3. The first-order valence-corrected chi connectivity index (χ1v) is 20.4. The number of likely N-dealkylation sites (N-methyl/N-ethyl adjacent to an activating group) is 2. The maximum Gasteiger partial charge on any atom is 0.425 e. The van der Waals surface area contributed by atoms with Crippen molar-refractivity contribution in [1.82, 2.24) is 15.2 Å². The molecule has 4 N–H and O–H groups in total. The number of nitrogen functional groups attached to an aromatic ring is 1. The topological polar surface area (TPSA) is 173 Å². The summed E-state index contributed by atoms with van der Waals surface area (Å²) in [5, 5.41) is 6.10. The maximum absolute atomic E-state index is 15.7. The molecule has 57 heavy (non-hydrogen) atoms. The van der Waals surface area contributed by atoms with Gasteiger partial charge in [0.1, 0.15) is 23.1 Å². The Labute approximate surface area is 334 Å². The first-order chi connectivity index (χ1) is 26.6. The van der Waals surface area contributed by atoms with Crippen LogP contribution < -0.4 is 21.3 Å². The van der Waals surface area contributed by atoms with Crippen LogP contribution in [-0.2, 0) is 30.7 Å². The Kier molecular flexibility index (Phi) is 12.5. The largest absolute Gasteiger partial charge is 0.443 e. The molecule has 1 heterocycles. The number of rotatable bonds is 12. The van der Waals surface area contributed by atoms with Crippen molar-refractivity contribution in [3.8, 4) is 0 Å². The Bertz CT molecular complexity index is 2240. The Hall–Kier alpha value is -5.28. The highest BCUT2D eigenvalue weighted by Crippen LogP contribution is 2.37. The van der Waals surface area contributed by atoms with E-state index in [-0.39, 0.29) is 33.9 Å². The minimum Gasteiger partial charge on any atom is -0.443 e. The molecule has 1 aliphatic carbocycles. The number of aromatic nitrogens is 1. The van der Waals surface area contributed by atoms with Crippen molar-refractivity contribution >= 4 is 55.9 Å². The van der Waals surface area contributed by atoms with Crippen LogP contribution in [0.5, 0.6) is 0 Å². The van der Waals surface area contributed by atoms with E-state index in [4.69, 9.17) is 15.2 Å². The third kappa shape index (κ3) is 10.4. The van der Waals surface area contributed by atoms with Gasteiger partial charge in [-0.25, -0.2) is 27.4 Å². The maximum atomic E-state index is 15.7. The minimum atomic E-state index is -3.61. The number of nitrogens with zero attached hydrogens (tertiary/aromatic N) is 3. The summed E-state index contributed by atoms with van der Waals surface area (Å²) < 4.78 is 53.5. The predicted molar refractivity (Wildman–Crippen MR) is 219 cm³/mol. The van der Waals surface area contributed by atoms with Gasteiger partial charge in [-0.05, 0) is 120 Å². The van der Waals surface area contributed by atoms with E-state index in [9.17, 15) is 22.8 Å². The summed E-state index contributed by atoms with van der Waals surface area (Å²) in [6.45, 7) is 12.5. The van der Waals surface area contributed by atoms with Gasteiger partial charge in [0, 0.05) is 42.3 Å². The number of anilines is 3. The number of benzene rings is 3. The van der Waals surface area contributed by atoms with E-state index in [1.807, 2.05) is 31.3 Å². The molecule has 306 valence electrons. The molecular formula is C42H53FN6O7S. The average Bonchev–Trinajstić information content (AvgIpc) is 3.97. The van der Waals surface area contributed by atoms with Crippen molar-refractivity contribution in [2.24, 2.45) is 0 Å². The van der Waals surface area contributed by atoms with Crippen LogP contribution >= 0.6 is 0 Å². The second kappa shape index (κ2) is 16.7. The molecule has 1 unspecified atom stereocenters. The lowest BCUT2D eigenvalue weighted by Gasteiger charge is -2.29. The molecular weight excluding hydrogens is 752 g/mol. The third-order valence-electron chi connectivity index (χ3n) is 9.20. The van der Waals surface area contributed by atoms with Crippen LogP contribution in [0.1, 0.15) is 90.0 Å². The first kappa shape index (κ1) is 42.9. The first-order valence-electron chi connectivity index (χ1n) is 18.8. The van der Waals surface area contributed by atoms with E-state index < -0.39 is 56.2 Å². The number of sulfone groups is 1. The zero-order chi connectivity index (χ0) is 42.0. The fourth-order valence-electron chi connectivity index (χ4n) is 6.36. The van der Waals surface area contributed by atoms with E-state index in [1.54, 1.807) is 66.8 Å². The minimum absolute atomic E-state index is 0.00671. The Morgan fingerprint density at radius 1 is 0.930 bits per heavy atom. The number of hydrogen-bond acceptors (Lipinski definition) is 11. The van der Waals surface area contributed by atoms with E-state index in [0.717, 1.165) is 11.8 Å². The summed E-state index contributed by atoms with van der Waals surface area (Å²) >= 11 is 0. The molecule has 1 aromatic heterocycles. The smallest absolute Gasteiger partial charge is 0.425 e. The van der Waals surface area contributed by atoms with Crippen LogP contribution in [0, 0.1) is 5.82 Å². The number of fused-ring (bicyclic) bond motifs is 1. The van der Waals surface area contributed by atoms with Gasteiger partial charge in [0.25, 0.3) is 0 Å². The van der Waals surface area contributed by atoms with Crippen molar-refractivity contribution in [3.05, 3.63) is 89.4 Å². The predicted octanol–water partition coefficient (Wildman–Crippen LogP) is 7.70. The van der Waals surface area contributed by atoms with Gasteiger partial charge >= 0.3 is 12.2 Å². The molecule has 15 heteroatoms. The van der Waals surface area contributed by atoms with Crippen LogP contribution in [0.3, 0.4) is 0 Å². The summed E-state index contributed by atoms with van der Waals surface area (Å²) in [7, 11) is -0.164. The molecule has 2 atom stereocenters. The normalized spacial score (nSPS) is 14.4. The van der Waals surface area contributed by atoms with Gasteiger partial charge in [0.05, 0.1) is 16.3 Å². The van der Waals surface area contributed by atoms with Crippen LogP contribution in [0.2, 0.25) is 0 Å². The van der Waals surface area contributed by atoms with Gasteiger partial charge in [-0.15, -0.1) is 0 Å². The van der Waals surface area contributed by atoms with Gasteiger partial charge in [-0.1, -0.05) is 31.2 Å². The molecule has 1 aliphatic rings. The number of ether oxygens (including phenoxy) is 2. The summed E-state index contributed by atoms with van der Waals surface area (Å²) in [5.41, 5.74) is 6.83. The van der Waals surface area contributed by atoms with Crippen LogP contribution in [-0.4, -0.2) is 73.5 Å². The van der Waals surface area contributed by atoms with E-state index in [2.05, 4.69) is 22.5 Å². The molecule has 0 bridgehead atoms. The molecule has 3 amide bonds. The lowest BCUT2D eigenvalue weighted by atomic mass is 9.95. The summed E-state index contributed by atoms with van der Waals surface area (Å²) in [6.07, 6.45) is -0.0638. The monoisotopic (exact) mass is 804 g/mol. The van der Waals surface area contributed by atoms with Crippen molar-refractivity contribution in [1.29, 1.82) is 0 Å². The van der Waals surface area contributed by atoms with E-state index >= 15 is 4.39 Å². The fourth-order valence-corrected chi connectivity index (χ4v) is 8.22. The Balaban J connectivity index is 1.57. The number of carbonyl (C=O) groups is 3. The molecule has 0 radical (unpaired) electrons. The molecule has 1 saturated carbocycles. The second-order valence-corrected chi connectivity index (χ2v) is 18.7. The number of imide groups is 1. The molecule has 4 aromatic rings. The lowest BCUT2D eigenvalue weighted by Crippen LogP contribution is -2.44. The quantitative estimate of drug-likeness (QED) is 0.120. The van der Waals surface area contributed by atoms with Crippen LogP contribution in [0.4, 0.5) is 31.2 Å². The van der Waals surface area contributed by atoms with Crippen molar-refractivity contribution in [2.75, 3.05) is 36.6 Å². The molecule has 5 rings (SSSR count). The van der Waals surface area contributed by atoms with Gasteiger partial charge in [0.15, 0.2) is 15.7 Å². The number of amides is 3. The van der Waals surface area contributed by atoms with Crippen LogP contribution in [0.15, 0.2) is 71.8 Å². The lowest BCUT2D eigenvalue weighted by molar-refractivity contribution is -0.131. The molecule has 0 spiro atoms. The number of halogens is 1. The highest BCUT2D eigenvalue weighted by Gasteiger charge is 2.39. The van der Waals surface area contributed by atoms with Crippen LogP contribution in [0.25, 0.3) is 10.8 Å². The molecule has 3 aromatic carbocycles. The number of pyridine rings is 1. The third-order valence-corrected chi connectivity index (χ3v) is 11.6. The number of hydrogen-bond donors (Lipinski definition) is 3. The molecule has 0 saturated heterocycles. The van der Waals surface area contributed by atoms with Gasteiger partial charge in [-0.3, -0.25) is 4.79 Å². The van der Waals surface area contributed by atoms with Gasteiger partial charge < -0.3 is 30.7 Å². The molecule has 0 aliphatic heterocycles. The standard InChI is InChI=1S/C42H53FN6O7S/c1-25(22-45-8)26-11-10-12-27(19-26)36(38(50)48(9)24-28-20-29(44)13-18-35(28)57(53,54)31-15-16-31)47-30-14-17-32-33(21-30)34(43)23-46-37(32)49(39(51)55-41(2,3)4)40(52)56-42(5,6)7/h10-14,17-21,23,25,31,36,45,47H,15-16,22,24,44H2,1-9H3/t25-,36?/m0/s1. The summed E-state index contributed by atoms with van der Waals surface area (Å²) in [6, 6.07) is 15.7. The summed E-state index contributed by atoms with van der Waals surface area (Å²) in [4.78, 5) is 47.9. The van der Waals surface area contributed by atoms with Crippen molar-refractivity contribution in [2.45, 2.75) is 101 Å². The fraction of sp³-hybridized carbons (Fsp3) is 0.429. The van der Waals surface area contributed by atoms with Crippen molar-refractivity contribution in [3.63, 3.8) is 0 Å². The molecule has 13 nitrogen and oxygen atoms in total. The Morgan fingerprint density at radius 3 is 2.16 bits per heavy atom. The molecule has 1 fully saturated rings. The summed E-state index contributed by atoms with van der Waals surface area (Å²) in [5.74, 6) is -1.26. The van der Waals surface area contributed by atoms with Gasteiger partial charge in [0.2, 0.25) is 5.91 Å². The zero-order valence-corrected chi connectivity index (χ0v) is 34.8.